The summed E-state index contributed by atoms with van der Waals surface area (Å²) in [4.78, 5) is 21.2. The lowest BCUT2D eigenvalue weighted by atomic mass is 10.1. The van der Waals surface area contributed by atoms with Gasteiger partial charge in [0.05, 0.1) is 5.39 Å². The average Bonchev–Trinajstić information content (AvgIpc) is 3.48. The van der Waals surface area contributed by atoms with Crippen LogP contribution in [0.25, 0.3) is 44.8 Å². The third-order valence-electron chi connectivity index (χ3n) is 5.53. The van der Waals surface area contributed by atoms with Gasteiger partial charge in [-0.15, -0.1) is 0 Å². The van der Waals surface area contributed by atoms with Crippen molar-refractivity contribution in [3.63, 3.8) is 0 Å². The van der Waals surface area contributed by atoms with Gasteiger partial charge in [0.15, 0.2) is 17.1 Å². The van der Waals surface area contributed by atoms with Crippen LogP contribution in [0.3, 0.4) is 0 Å². The van der Waals surface area contributed by atoms with Crippen LogP contribution in [0.1, 0.15) is 11.1 Å². The van der Waals surface area contributed by atoms with Crippen molar-refractivity contribution in [2.75, 3.05) is 0 Å². The van der Waals surface area contributed by atoms with Gasteiger partial charge >= 0.3 is 0 Å². The van der Waals surface area contributed by atoms with Crippen LogP contribution in [-0.4, -0.2) is 35.1 Å². The minimum atomic E-state index is 0.658. The molecular weight excluding hydrogens is 412 g/mol. The minimum absolute atomic E-state index is 0.658. The van der Waals surface area contributed by atoms with Gasteiger partial charge in [0.25, 0.3) is 0 Å². The number of hydrogen-bond donors (Lipinski definition) is 3. The van der Waals surface area contributed by atoms with Crippen molar-refractivity contribution in [3.8, 4) is 22.6 Å². The maximum absolute atomic E-state index is 4.63. The van der Waals surface area contributed by atoms with Gasteiger partial charge in [0.2, 0.25) is 0 Å². The molecule has 5 heterocycles. The molecule has 0 saturated heterocycles. The Morgan fingerprint density at radius 3 is 2.58 bits per heavy atom. The first-order valence-corrected chi connectivity index (χ1v) is 10.7. The van der Waals surface area contributed by atoms with Crippen LogP contribution < -0.4 is 5.32 Å². The Morgan fingerprint density at radius 2 is 1.67 bits per heavy atom. The van der Waals surface area contributed by atoms with Crippen LogP contribution in [0.5, 0.6) is 0 Å². The predicted molar refractivity (Wildman–Crippen MR) is 127 cm³/mol. The van der Waals surface area contributed by atoms with Crippen LogP contribution in [0.15, 0.2) is 79.4 Å². The number of rotatable bonds is 6. The highest BCUT2D eigenvalue weighted by atomic mass is 15.2. The quantitative estimate of drug-likeness (QED) is 0.363. The third-order valence-corrected chi connectivity index (χ3v) is 5.53. The number of imidazole rings is 1. The number of nitrogens with zero attached hydrogens (tertiary/aromatic N) is 5. The van der Waals surface area contributed by atoms with E-state index in [0.29, 0.717) is 17.2 Å². The summed E-state index contributed by atoms with van der Waals surface area (Å²) < 4.78 is 0. The van der Waals surface area contributed by atoms with E-state index in [1.807, 2.05) is 48.9 Å². The molecule has 0 saturated carbocycles. The molecule has 0 bridgehead atoms. The zero-order valence-electron chi connectivity index (χ0n) is 17.7. The van der Waals surface area contributed by atoms with Crippen molar-refractivity contribution in [2.24, 2.45) is 0 Å². The molecule has 3 N–H and O–H groups in total. The van der Waals surface area contributed by atoms with E-state index in [-0.39, 0.29) is 0 Å². The minimum Gasteiger partial charge on any atom is -0.321 e. The summed E-state index contributed by atoms with van der Waals surface area (Å²) in [6.07, 6.45) is 7.32. The first-order valence-electron chi connectivity index (χ1n) is 10.7. The lowest BCUT2D eigenvalue weighted by Gasteiger charge is -2.07. The van der Waals surface area contributed by atoms with Gasteiger partial charge in [-0.25, -0.2) is 15.0 Å². The van der Waals surface area contributed by atoms with Crippen molar-refractivity contribution in [2.45, 2.75) is 13.1 Å². The van der Waals surface area contributed by atoms with E-state index in [2.05, 4.69) is 64.7 Å². The average molecular weight is 432 g/mol. The highest BCUT2D eigenvalue weighted by Crippen LogP contribution is 2.28. The molecule has 8 heteroatoms. The fraction of sp³-hybridized carbons (Fsp3) is 0.0800. The van der Waals surface area contributed by atoms with E-state index >= 15 is 0 Å². The van der Waals surface area contributed by atoms with E-state index in [0.717, 1.165) is 46.3 Å². The van der Waals surface area contributed by atoms with E-state index in [9.17, 15) is 0 Å². The number of benzene rings is 1. The van der Waals surface area contributed by atoms with Crippen molar-refractivity contribution < 1.29 is 0 Å². The molecule has 0 aliphatic carbocycles. The SMILES string of the molecule is c1ccc(CNCc2cncc(-c3cnc4[nH]nc(-c5nc6cccnc6[nH]5)c4c3)c2)cc1. The number of nitrogens with one attached hydrogen (secondary N) is 3. The first kappa shape index (κ1) is 19.3. The molecule has 0 atom stereocenters. The molecule has 0 fully saturated rings. The standard InChI is InChI=1S/C25H20N8/c1-2-5-16(6-3-1)11-26-12-17-9-18(14-27-13-17)19-10-20-22(32-33-23(20)29-15-19)25-30-21-7-4-8-28-24(21)31-25/h1-10,13-15,26H,11-12H2,(H,28,30,31)(H,29,32,33). The molecule has 0 amide bonds. The molecule has 0 radical (unpaired) electrons. The molecule has 0 spiro atoms. The van der Waals surface area contributed by atoms with Gasteiger partial charge < -0.3 is 10.3 Å². The molecule has 0 aliphatic heterocycles. The third kappa shape index (κ3) is 3.83. The van der Waals surface area contributed by atoms with Crippen molar-refractivity contribution in [3.05, 3.63) is 90.5 Å². The van der Waals surface area contributed by atoms with Gasteiger partial charge in [0, 0.05) is 49.0 Å². The van der Waals surface area contributed by atoms with Crippen LogP contribution in [0, 0.1) is 0 Å². The fourth-order valence-electron chi connectivity index (χ4n) is 3.89. The number of aromatic amines is 2. The Morgan fingerprint density at radius 1 is 0.788 bits per heavy atom. The zero-order chi connectivity index (χ0) is 22.0. The summed E-state index contributed by atoms with van der Waals surface area (Å²) in [5, 5.41) is 11.8. The molecule has 160 valence electrons. The molecule has 0 unspecified atom stereocenters. The van der Waals surface area contributed by atoms with Crippen LogP contribution in [-0.2, 0) is 13.1 Å². The van der Waals surface area contributed by atoms with Crippen molar-refractivity contribution in [1.82, 2.24) is 40.4 Å². The second-order valence-electron chi connectivity index (χ2n) is 7.82. The van der Waals surface area contributed by atoms with Crippen LogP contribution in [0.2, 0.25) is 0 Å². The lowest BCUT2D eigenvalue weighted by molar-refractivity contribution is 0.691. The molecule has 33 heavy (non-hydrogen) atoms. The first-order chi connectivity index (χ1) is 16.3. The van der Waals surface area contributed by atoms with Crippen LogP contribution >= 0.6 is 0 Å². The van der Waals surface area contributed by atoms with Gasteiger partial charge in [-0.1, -0.05) is 30.3 Å². The largest absolute Gasteiger partial charge is 0.321 e. The Bertz CT molecular complexity index is 1520. The Kier molecular flexibility index (Phi) is 4.82. The molecule has 1 aromatic carbocycles. The summed E-state index contributed by atoms with van der Waals surface area (Å²) in [5.41, 5.74) is 7.28. The number of aromatic nitrogens is 7. The summed E-state index contributed by atoms with van der Waals surface area (Å²) in [6, 6.07) is 18.3. The van der Waals surface area contributed by atoms with E-state index in [1.165, 1.54) is 5.56 Å². The maximum atomic E-state index is 4.63. The van der Waals surface area contributed by atoms with Gasteiger partial charge in [-0.05, 0) is 35.4 Å². The highest BCUT2D eigenvalue weighted by molar-refractivity contribution is 5.93. The summed E-state index contributed by atoms with van der Waals surface area (Å²) >= 11 is 0. The van der Waals surface area contributed by atoms with E-state index in [4.69, 9.17) is 0 Å². The summed E-state index contributed by atoms with van der Waals surface area (Å²) in [7, 11) is 0. The van der Waals surface area contributed by atoms with Crippen LogP contribution in [0.4, 0.5) is 0 Å². The highest BCUT2D eigenvalue weighted by Gasteiger charge is 2.15. The van der Waals surface area contributed by atoms with Gasteiger partial charge in [-0.2, -0.15) is 5.10 Å². The monoisotopic (exact) mass is 432 g/mol. The lowest BCUT2D eigenvalue weighted by Crippen LogP contribution is -2.12. The molecular formula is C25H20N8. The summed E-state index contributed by atoms with van der Waals surface area (Å²) in [5.74, 6) is 0.658. The Labute approximate surface area is 189 Å². The Balaban J connectivity index is 1.28. The fourth-order valence-corrected chi connectivity index (χ4v) is 3.89. The number of H-pyrrole nitrogens is 2. The summed E-state index contributed by atoms with van der Waals surface area (Å²) in [6.45, 7) is 1.54. The second-order valence-corrected chi connectivity index (χ2v) is 7.82. The molecule has 6 aromatic rings. The van der Waals surface area contributed by atoms with E-state index < -0.39 is 0 Å². The van der Waals surface area contributed by atoms with Gasteiger partial charge in [-0.3, -0.25) is 10.1 Å². The Hall–Kier alpha value is -4.43. The van der Waals surface area contributed by atoms with Crippen molar-refractivity contribution in [1.29, 1.82) is 0 Å². The normalized spacial score (nSPS) is 11.4. The van der Waals surface area contributed by atoms with E-state index in [1.54, 1.807) is 6.20 Å². The second kappa shape index (κ2) is 8.25. The maximum Gasteiger partial charge on any atom is 0.161 e. The molecule has 6 rings (SSSR count). The van der Waals surface area contributed by atoms with Gasteiger partial charge in [0.1, 0.15) is 11.2 Å². The predicted octanol–water partition coefficient (Wildman–Crippen LogP) is 4.25. The zero-order valence-corrected chi connectivity index (χ0v) is 17.7. The number of fused-ring (bicyclic) bond motifs is 2. The molecule has 0 aliphatic rings. The topological polar surface area (TPSA) is 108 Å². The molecule has 8 nitrogen and oxygen atoms in total. The molecule has 5 aromatic heterocycles. The smallest absolute Gasteiger partial charge is 0.161 e. The number of pyridine rings is 3. The number of hydrogen-bond acceptors (Lipinski definition) is 6. The van der Waals surface area contributed by atoms with Crippen molar-refractivity contribution >= 4 is 22.2 Å².